The van der Waals surface area contributed by atoms with Crippen LogP contribution in [0.15, 0.2) is 18.6 Å². The fourth-order valence-electron chi connectivity index (χ4n) is 3.01. The topological polar surface area (TPSA) is 83.0 Å². The van der Waals surface area contributed by atoms with Crippen molar-refractivity contribution >= 4 is 11.6 Å². The predicted molar refractivity (Wildman–Crippen MR) is 75.9 cm³/mol. The van der Waals surface area contributed by atoms with E-state index in [4.69, 9.17) is 5.11 Å². The summed E-state index contributed by atoms with van der Waals surface area (Å²) in [5, 5.41) is 22.9. The Hall–Kier alpha value is -1.86. The van der Waals surface area contributed by atoms with E-state index in [-0.39, 0.29) is 18.4 Å². The molecule has 0 spiro atoms. The third kappa shape index (κ3) is 2.43. The average molecular weight is 292 g/mol. The van der Waals surface area contributed by atoms with Gasteiger partial charge in [0.15, 0.2) is 0 Å². The molecular weight excluding hydrogens is 272 g/mol. The fraction of sp³-hybridized carbons (Fsp3) is 0.571. The van der Waals surface area contributed by atoms with Crippen molar-refractivity contribution in [3.8, 4) is 0 Å². The van der Waals surface area contributed by atoms with Crippen molar-refractivity contribution in [3.63, 3.8) is 0 Å². The lowest BCUT2D eigenvalue weighted by Crippen LogP contribution is -2.42. The van der Waals surface area contributed by atoms with Crippen LogP contribution in [0.5, 0.6) is 0 Å². The number of rotatable bonds is 3. The highest BCUT2D eigenvalue weighted by molar-refractivity contribution is 5.99. The van der Waals surface area contributed by atoms with E-state index in [1.54, 1.807) is 15.6 Å². The van der Waals surface area contributed by atoms with Crippen molar-refractivity contribution in [3.05, 3.63) is 24.2 Å². The third-order valence-corrected chi connectivity index (χ3v) is 4.32. The van der Waals surface area contributed by atoms with E-state index in [1.165, 1.54) is 0 Å². The molecule has 1 amide bonds. The van der Waals surface area contributed by atoms with Crippen molar-refractivity contribution in [1.82, 2.24) is 19.1 Å². The van der Waals surface area contributed by atoms with Crippen molar-refractivity contribution < 1.29 is 15.0 Å². The van der Waals surface area contributed by atoms with Gasteiger partial charge in [0.1, 0.15) is 11.2 Å². The largest absolute Gasteiger partial charge is 0.394 e. The maximum Gasteiger partial charge on any atom is 0.259 e. The molecule has 0 aromatic carbocycles. The molecule has 21 heavy (non-hydrogen) atoms. The molecule has 3 rings (SSSR count). The molecule has 7 nitrogen and oxygen atoms in total. The van der Waals surface area contributed by atoms with Gasteiger partial charge in [0.2, 0.25) is 0 Å². The maximum atomic E-state index is 12.6. The molecule has 0 bridgehead atoms. The molecule has 2 aromatic heterocycles. The first-order valence-corrected chi connectivity index (χ1v) is 7.18. The van der Waals surface area contributed by atoms with Crippen molar-refractivity contribution in [1.29, 1.82) is 0 Å². The van der Waals surface area contributed by atoms with Crippen molar-refractivity contribution in [2.75, 3.05) is 19.7 Å². The summed E-state index contributed by atoms with van der Waals surface area (Å²) in [6, 6.07) is 0. The van der Waals surface area contributed by atoms with Crippen LogP contribution in [-0.2, 0) is 7.05 Å². The molecule has 7 heteroatoms. The number of aryl methyl sites for hydroxylation is 1. The van der Waals surface area contributed by atoms with Gasteiger partial charge in [-0.25, -0.2) is 4.52 Å². The van der Waals surface area contributed by atoms with Gasteiger partial charge in [-0.1, -0.05) is 0 Å². The minimum absolute atomic E-state index is 0.0243. The second-order valence-electron chi connectivity index (χ2n) is 5.62. The summed E-state index contributed by atoms with van der Waals surface area (Å²) in [5.74, 6) is 0.0463. The molecule has 0 radical (unpaired) electrons. The van der Waals surface area contributed by atoms with Crippen LogP contribution < -0.4 is 0 Å². The van der Waals surface area contributed by atoms with E-state index in [1.807, 2.05) is 24.0 Å². The second-order valence-corrected chi connectivity index (χ2v) is 5.62. The summed E-state index contributed by atoms with van der Waals surface area (Å²) < 4.78 is 3.57. The number of hydrogen-bond acceptors (Lipinski definition) is 4. The van der Waals surface area contributed by atoms with Crippen LogP contribution in [0, 0.1) is 5.92 Å². The molecule has 2 aromatic rings. The first-order chi connectivity index (χ1) is 10.1. The Morgan fingerprint density at radius 2 is 2.14 bits per heavy atom. The molecule has 3 heterocycles. The predicted octanol–water partition coefficient (Wildman–Crippen LogP) is -0.122. The van der Waals surface area contributed by atoms with E-state index in [2.05, 4.69) is 5.10 Å². The van der Waals surface area contributed by atoms with Gasteiger partial charge in [-0.2, -0.15) is 5.10 Å². The Balaban J connectivity index is 1.74. The highest BCUT2D eigenvalue weighted by Crippen LogP contribution is 2.23. The number of nitrogens with zero attached hydrogens (tertiary/aromatic N) is 4. The van der Waals surface area contributed by atoms with E-state index in [0.29, 0.717) is 31.5 Å². The Bertz CT molecular complexity index is 640. The number of aliphatic hydroxyl groups is 2. The Kier molecular flexibility index (Phi) is 3.69. The molecule has 1 atom stereocenters. The zero-order valence-electron chi connectivity index (χ0n) is 12.0. The number of hydrogen-bond donors (Lipinski definition) is 2. The molecule has 2 N–H and O–H groups in total. The molecular formula is C14H20N4O3. The van der Waals surface area contributed by atoms with E-state index in [9.17, 15) is 9.90 Å². The van der Waals surface area contributed by atoms with Gasteiger partial charge in [-0.15, -0.1) is 0 Å². The van der Waals surface area contributed by atoms with Gasteiger partial charge in [0.25, 0.3) is 5.91 Å². The minimum Gasteiger partial charge on any atom is -0.394 e. The summed E-state index contributed by atoms with van der Waals surface area (Å²) >= 11 is 0. The van der Waals surface area contributed by atoms with Crippen molar-refractivity contribution in [2.24, 2.45) is 13.0 Å². The zero-order valence-corrected chi connectivity index (χ0v) is 12.0. The van der Waals surface area contributed by atoms with Gasteiger partial charge in [-0.05, 0) is 18.8 Å². The number of piperidine rings is 1. The van der Waals surface area contributed by atoms with Gasteiger partial charge < -0.3 is 19.7 Å². The second kappa shape index (κ2) is 5.50. The normalized spacial score (nSPS) is 18.3. The summed E-state index contributed by atoms with van der Waals surface area (Å²) in [7, 11) is 1.89. The SMILES string of the molecule is Cn1ccn2ncc(C(=O)N3CCC(C(O)CO)CC3)c12. The summed E-state index contributed by atoms with van der Waals surface area (Å²) in [6.45, 7) is 0.983. The quantitative estimate of drug-likeness (QED) is 0.826. The summed E-state index contributed by atoms with van der Waals surface area (Å²) in [6.07, 6.45) is 6.03. The average Bonchev–Trinajstić information content (AvgIpc) is 3.09. The number of fused-ring (bicyclic) bond motifs is 1. The maximum absolute atomic E-state index is 12.6. The lowest BCUT2D eigenvalue weighted by atomic mass is 9.91. The molecule has 1 aliphatic rings. The van der Waals surface area contributed by atoms with Gasteiger partial charge in [0.05, 0.1) is 18.9 Å². The summed E-state index contributed by atoms with van der Waals surface area (Å²) in [4.78, 5) is 14.4. The highest BCUT2D eigenvalue weighted by atomic mass is 16.3. The number of aliphatic hydroxyl groups excluding tert-OH is 2. The first-order valence-electron chi connectivity index (χ1n) is 7.18. The smallest absolute Gasteiger partial charge is 0.259 e. The minimum atomic E-state index is -0.682. The number of likely N-dealkylation sites (tertiary alicyclic amines) is 1. The molecule has 1 fully saturated rings. The molecule has 0 saturated carbocycles. The van der Waals surface area contributed by atoms with Crippen LogP contribution in [0.4, 0.5) is 0 Å². The first kappa shape index (κ1) is 14.1. The molecule has 114 valence electrons. The van der Waals surface area contributed by atoms with Crippen LogP contribution in [0.2, 0.25) is 0 Å². The highest BCUT2D eigenvalue weighted by Gasteiger charge is 2.29. The fourth-order valence-corrected chi connectivity index (χ4v) is 3.01. The Morgan fingerprint density at radius 3 is 2.81 bits per heavy atom. The molecule has 1 aliphatic heterocycles. The van der Waals surface area contributed by atoms with Crippen LogP contribution >= 0.6 is 0 Å². The molecule has 0 aliphatic carbocycles. The molecule has 1 unspecified atom stereocenters. The van der Waals surface area contributed by atoms with E-state index < -0.39 is 6.10 Å². The monoisotopic (exact) mass is 292 g/mol. The van der Waals surface area contributed by atoms with Crippen molar-refractivity contribution in [2.45, 2.75) is 18.9 Å². The van der Waals surface area contributed by atoms with Crippen LogP contribution in [0.25, 0.3) is 5.65 Å². The van der Waals surface area contributed by atoms with Gasteiger partial charge >= 0.3 is 0 Å². The third-order valence-electron chi connectivity index (χ3n) is 4.32. The lowest BCUT2D eigenvalue weighted by Gasteiger charge is -2.33. The zero-order chi connectivity index (χ0) is 15.0. The number of amides is 1. The van der Waals surface area contributed by atoms with Gasteiger partial charge in [-0.3, -0.25) is 4.79 Å². The van der Waals surface area contributed by atoms with Gasteiger partial charge in [0, 0.05) is 32.5 Å². The Labute approximate surface area is 122 Å². The number of imidazole rings is 1. The number of aromatic nitrogens is 3. The Morgan fingerprint density at radius 1 is 1.43 bits per heavy atom. The van der Waals surface area contributed by atoms with Crippen LogP contribution in [0.3, 0.4) is 0 Å². The number of carbonyl (C=O) groups excluding carboxylic acids is 1. The number of carbonyl (C=O) groups is 1. The lowest BCUT2D eigenvalue weighted by molar-refractivity contribution is 0.0179. The van der Waals surface area contributed by atoms with E-state index in [0.717, 1.165) is 5.65 Å². The van der Waals surface area contributed by atoms with Crippen LogP contribution in [0.1, 0.15) is 23.2 Å². The standard InChI is InChI=1S/C14H20N4O3/c1-16-6-7-18-13(16)11(8-15-18)14(21)17-4-2-10(3-5-17)12(20)9-19/h6-8,10,12,19-20H,2-5,9H2,1H3. The summed E-state index contributed by atoms with van der Waals surface area (Å²) in [5.41, 5.74) is 1.39. The van der Waals surface area contributed by atoms with Crippen LogP contribution in [-0.4, -0.2) is 61.0 Å². The van der Waals surface area contributed by atoms with E-state index >= 15 is 0 Å². The molecule has 1 saturated heterocycles.